The van der Waals surface area contributed by atoms with Gasteiger partial charge in [0.05, 0.1) is 12.2 Å². The summed E-state index contributed by atoms with van der Waals surface area (Å²) >= 11 is 0. The fraction of sp³-hybridized carbons (Fsp3) is 0.286. The maximum Gasteiger partial charge on any atom is 0.273 e. The van der Waals surface area contributed by atoms with Crippen molar-refractivity contribution in [1.82, 2.24) is 10.5 Å². The summed E-state index contributed by atoms with van der Waals surface area (Å²) in [7, 11) is 1.55. The van der Waals surface area contributed by atoms with E-state index in [0.717, 1.165) is 0 Å². The Kier molecular flexibility index (Phi) is 4.47. The molecule has 1 heterocycles. The molecule has 1 N–H and O–H groups in total. The Morgan fingerprint density at radius 1 is 1.50 bits per heavy atom. The molecule has 20 heavy (non-hydrogen) atoms. The quantitative estimate of drug-likeness (QED) is 0.911. The van der Waals surface area contributed by atoms with Gasteiger partial charge in [-0.2, -0.15) is 0 Å². The Labute approximate surface area is 115 Å². The largest absolute Gasteiger partial charge is 0.383 e. The monoisotopic (exact) mass is 278 g/mol. The molecule has 0 saturated heterocycles. The van der Waals surface area contributed by atoms with Gasteiger partial charge in [0.25, 0.3) is 5.91 Å². The van der Waals surface area contributed by atoms with Crippen LogP contribution in [0.5, 0.6) is 0 Å². The molecule has 106 valence electrons. The fourth-order valence-electron chi connectivity index (χ4n) is 1.76. The number of benzene rings is 1. The Bertz CT molecular complexity index is 598. The van der Waals surface area contributed by atoms with Gasteiger partial charge in [-0.15, -0.1) is 0 Å². The molecule has 0 fully saturated rings. The molecular formula is C14H15FN2O3. The minimum atomic E-state index is -0.427. The third kappa shape index (κ3) is 3.21. The fourth-order valence-corrected chi connectivity index (χ4v) is 1.76. The highest BCUT2D eigenvalue weighted by Crippen LogP contribution is 2.23. The number of carbonyl (C=O) groups excluding carboxylic acids is 1. The molecule has 0 radical (unpaired) electrons. The van der Waals surface area contributed by atoms with Gasteiger partial charge in [0, 0.05) is 19.2 Å². The van der Waals surface area contributed by atoms with E-state index < -0.39 is 5.82 Å². The van der Waals surface area contributed by atoms with E-state index in [1.165, 1.54) is 12.1 Å². The van der Waals surface area contributed by atoms with E-state index in [4.69, 9.17) is 9.26 Å². The third-order valence-electron chi connectivity index (χ3n) is 2.68. The number of methoxy groups -OCH3 is 1. The summed E-state index contributed by atoms with van der Waals surface area (Å²) in [5, 5.41) is 6.35. The van der Waals surface area contributed by atoms with Gasteiger partial charge < -0.3 is 14.6 Å². The van der Waals surface area contributed by atoms with Crippen molar-refractivity contribution in [2.75, 3.05) is 13.7 Å². The number of hydrogen-bond acceptors (Lipinski definition) is 4. The number of nitrogens with zero attached hydrogens (tertiary/aromatic N) is 1. The van der Waals surface area contributed by atoms with Crippen LogP contribution in [-0.4, -0.2) is 30.8 Å². The van der Waals surface area contributed by atoms with Crippen molar-refractivity contribution >= 4 is 5.91 Å². The zero-order valence-electron chi connectivity index (χ0n) is 11.2. The highest BCUT2D eigenvalue weighted by atomic mass is 19.1. The van der Waals surface area contributed by atoms with Gasteiger partial charge in [-0.1, -0.05) is 17.3 Å². The Morgan fingerprint density at radius 2 is 2.25 bits per heavy atom. The highest BCUT2D eigenvalue weighted by Gasteiger charge is 2.17. The van der Waals surface area contributed by atoms with Crippen molar-refractivity contribution in [1.29, 1.82) is 0 Å². The minimum absolute atomic E-state index is 0.103. The molecule has 1 amide bonds. The zero-order valence-corrected chi connectivity index (χ0v) is 11.2. The average molecular weight is 278 g/mol. The molecule has 0 aliphatic carbocycles. The summed E-state index contributed by atoms with van der Waals surface area (Å²) in [5.41, 5.74) is 0.371. The average Bonchev–Trinajstić information content (AvgIpc) is 2.89. The van der Waals surface area contributed by atoms with E-state index in [2.05, 4.69) is 10.5 Å². The van der Waals surface area contributed by atoms with Crippen LogP contribution in [0.15, 0.2) is 34.9 Å². The number of carbonyl (C=O) groups is 1. The number of hydrogen-bond donors (Lipinski definition) is 1. The number of ether oxygens (including phenoxy) is 1. The molecule has 1 atom stereocenters. The lowest BCUT2D eigenvalue weighted by molar-refractivity contribution is 0.0896. The Morgan fingerprint density at radius 3 is 2.95 bits per heavy atom. The van der Waals surface area contributed by atoms with E-state index in [-0.39, 0.29) is 29.0 Å². The van der Waals surface area contributed by atoms with Crippen molar-refractivity contribution in [3.05, 3.63) is 41.8 Å². The normalized spacial score (nSPS) is 12.2. The predicted molar refractivity (Wildman–Crippen MR) is 70.7 cm³/mol. The van der Waals surface area contributed by atoms with Gasteiger partial charge in [0.2, 0.25) is 0 Å². The topological polar surface area (TPSA) is 64.4 Å². The second kappa shape index (κ2) is 6.29. The highest BCUT2D eigenvalue weighted by molar-refractivity contribution is 5.93. The number of rotatable bonds is 5. The first-order chi connectivity index (χ1) is 9.61. The smallest absolute Gasteiger partial charge is 0.273 e. The van der Waals surface area contributed by atoms with E-state index in [1.807, 2.05) is 0 Å². The molecule has 1 aromatic heterocycles. The molecule has 0 unspecified atom stereocenters. The van der Waals surface area contributed by atoms with E-state index in [9.17, 15) is 9.18 Å². The van der Waals surface area contributed by atoms with Gasteiger partial charge in [0.1, 0.15) is 5.82 Å². The summed E-state index contributed by atoms with van der Waals surface area (Å²) in [4.78, 5) is 11.9. The summed E-state index contributed by atoms with van der Waals surface area (Å²) in [6, 6.07) is 7.40. The predicted octanol–water partition coefficient (Wildman–Crippen LogP) is 2.25. The van der Waals surface area contributed by atoms with Crippen molar-refractivity contribution < 1.29 is 18.4 Å². The van der Waals surface area contributed by atoms with Crippen LogP contribution >= 0.6 is 0 Å². The van der Waals surface area contributed by atoms with Crippen LogP contribution in [0.2, 0.25) is 0 Å². The van der Waals surface area contributed by atoms with E-state index in [1.54, 1.807) is 32.2 Å². The molecule has 0 saturated carbocycles. The molecule has 0 aliphatic heterocycles. The zero-order chi connectivity index (χ0) is 14.5. The van der Waals surface area contributed by atoms with Crippen LogP contribution in [0.3, 0.4) is 0 Å². The van der Waals surface area contributed by atoms with E-state index in [0.29, 0.717) is 6.61 Å². The molecule has 1 aromatic carbocycles. The number of nitrogens with one attached hydrogen (secondary N) is 1. The third-order valence-corrected chi connectivity index (χ3v) is 2.68. The number of aromatic nitrogens is 1. The lowest BCUT2D eigenvalue weighted by atomic mass is 10.1. The van der Waals surface area contributed by atoms with Gasteiger partial charge in [0.15, 0.2) is 11.5 Å². The molecular weight excluding hydrogens is 263 g/mol. The minimum Gasteiger partial charge on any atom is -0.383 e. The van der Waals surface area contributed by atoms with Crippen molar-refractivity contribution in [2.24, 2.45) is 0 Å². The lowest BCUT2D eigenvalue weighted by Crippen LogP contribution is -2.35. The second-order valence-corrected chi connectivity index (χ2v) is 4.39. The lowest BCUT2D eigenvalue weighted by Gasteiger charge is -2.10. The maximum atomic E-state index is 13.6. The van der Waals surface area contributed by atoms with Crippen molar-refractivity contribution in [2.45, 2.75) is 13.0 Å². The molecule has 6 heteroatoms. The number of amides is 1. The molecule has 2 rings (SSSR count). The van der Waals surface area contributed by atoms with Gasteiger partial charge >= 0.3 is 0 Å². The van der Waals surface area contributed by atoms with Crippen molar-refractivity contribution in [3.63, 3.8) is 0 Å². The molecule has 0 spiro atoms. The molecule has 0 bridgehead atoms. The SMILES string of the molecule is COC[C@@H](C)NC(=O)c1cc(-c2ccccc2F)on1. The second-order valence-electron chi connectivity index (χ2n) is 4.39. The summed E-state index contributed by atoms with van der Waals surface area (Å²) in [6.07, 6.45) is 0. The Balaban J connectivity index is 2.13. The van der Waals surface area contributed by atoms with Crippen LogP contribution in [-0.2, 0) is 4.74 Å². The van der Waals surface area contributed by atoms with Crippen LogP contribution < -0.4 is 5.32 Å². The van der Waals surface area contributed by atoms with Gasteiger partial charge in [-0.05, 0) is 19.1 Å². The first-order valence-corrected chi connectivity index (χ1v) is 6.13. The maximum absolute atomic E-state index is 13.6. The first kappa shape index (κ1) is 14.2. The van der Waals surface area contributed by atoms with Crippen LogP contribution in [0.1, 0.15) is 17.4 Å². The standard InChI is InChI=1S/C14H15FN2O3/c1-9(8-19-2)16-14(18)12-7-13(20-17-12)10-5-3-4-6-11(10)15/h3-7,9H,8H2,1-2H3,(H,16,18)/t9-/m1/s1. The molecule has 5 nitrogen and oxygen atoms in total. The number of halogens is 1. The van der Waals surface area contributed by atoms with Crippen LogP contribution in [0.4, 0.5) is 4.39 Å². The van der Waals surface area contributed by atoms with Crippen LogP contribution in [0, 0.1) is 5.82 Å². The van der Waals surface area contributed by atoms with Crippen LogP contribution in [0.25, 0.3) is 11.3 Å². The summed E-state index contributed by atoms with van der Waals surface area (Å²) in [5.74, 6) is -0.600. The van der Waals surface area contributed by atoms with E-state index >= 15 is 0 Å². The van der Waals surface area contributed by atoms with Gasteiger partial charge in [-0.25, -0.2) is 4.39 Å². The molecule has 0 aliphatic rings. The van der Waals surface area contributed by atoms with Crippen molar-refractivity contribution in [3.8, 4) is 11.3 Å². The first-order valence-electron chi connectivity index (χ1n) is 6.13. The van der Waals surface area contributed by atoms with Gasteiger partial charge in [-0.3, -0.25) is 4.79 Å². The Hall–Kier alpha value is -2.21. The molecule has 2 aromatic rings. The summed E-state index contributed by atoms with van der Waals surface area (Å²) in [6.45, 7) is 2.20. The summed E-state index contributed by atoms with van der Waals surface area (Å²) < 4.78 is 23.5.